The maximum atomic E-state index is 12.5. The fourth-order valence-electron chi connectivity index (χ4n) is 4.32. The van der Waals surface area contributed by atoms with Crippen LogP contribution in [0.2, 0.25) is 0 Å². The molecule has 0 unspecified atom stereocenters. The molecule has 1 N–H and O–H groups in total. The first-order valence-corrected chi connectivity index (χ1v) is 12.6. The molecule has 3 aromatic rings. The number of benzene rings is 3. The smallest absolute Gasteiger partial charge is 0.260 e. The summed E-state index contributed by atoms with van der Waals surface area (Å²) in [5.41, 5.74) is 3.46. The van der Waals surface area contributed by atoms with Crippen molar-refractivity contribution in [2.45, 2.75) is 31.8 Å². The number of hydrogen-bond donors (Lipinski definition) is 1. The summed E-state index contributed by atoms with van der Waals surface area (Å²) in [5, 5.41) is 3.68. The Labute approximate surface area is 210 Å². The molecule has 1 aliphatic rings. The van der Waals surface area contributed by atoms with Crippen LogP contribution in [0.5, 0.6) is 11.5 Å². The molecule has 1 heterocycles. The summed E-state index contributed by atoms with van der Waals surface area (Å²) in [6, 6.07) is 24.9. The third-order valence-electron chi connectivity index (χ3n) is 6.11. The molecule has 0 radical (unpaired) electrons. The van der Waals surface area contributed by atoms with Gasteiger partial charge in [-0.3, -0.25) is 4.79 Å². The zero-order valence-corrected chi connectivity index (χ0v) is 21.1. The molecule has 0 spiro atoms. The lowest BCUT2D eigenvalue weighted by atomic mass is 9.98. The molecule has 0 bridgehead atoms. The van der Waals surface area contributed by atoms with E-state index in [9.17, 15) is 4.79 Å². The second-order valence-electron chi connectivity index (χ2n) is 8.47. The van der Waals surface area contributed by atoms with Gasteiger partial charge in [0.05, 0.1) is 17.6 Å². The molecule has 34 heavy (non-hydrogen) atoms. The van der Waals surface area contributed by atoms with Gasteiger partial charge in [-0.2, -0.15) is 0 Å². The lowest BCUT2D eigenvalue weighted by Gasteiger charge is -2.26. The lowest BCUT2D eigenvalue weighted by Crippen LogP contribution is -2.38. The normalized spacial score (nSPS) is 13.7. The van der Waals surface area contributed by atoms with Crippen LogP contribution in [-0.4, -0.2) is 37.6 Å². The number of nitrogens with zero attached hydrogens (tertiary/aromatic N) is 1. The molecule has 1 aliphatic heterocycles. The van der Waals surface area contributed by atoms with Crippen LogP contribution in [0.4, 0.5) is 0 Å². The third kappa shape index (κ3) is 6.19. The number of carbonyl (C=O) groups is 1. The molecular formula is C28H31BrN2O3. The number of ether oxygens (including phenoxy) is 2. The molecule has 4 rings (SSSR count). The molecule has 5 nitrogen and oxygen atoms in total. The van der Waals surface area contributed by atoms with Gasteiger partial charge in [-0.1, -0.05) is 60.7 Å². The number of halogens is 1. The first kappa shape index (κ1) is 24.3. The van der Waals surface area contributed by atoms with Gasteiger partial charge >= 0.3 is 0 Å². The van der Waals surface area contributed by atoms with E-state index >= 15 is 0 Å². The largest absolute Gasteiger partial charge is 0.493 e. The zero-order valence-electron chi connectivity index (χ0n) is 19.5. The second-order valence-corrected chi connectivity index (χ2v) is 9.33. The zero-order chi connectivity index (χ0) is 23.8. The fourth-order valence-corrected chi connectivity index (χ4v) is 4.93. The maximum absolute atomic E-state index is 12.5. The molecular weight excluding hydrogens is 492 g/mol. The van der Waals surface area contributed by atoms with E-state index in [2.05, 4.69) is 69.8 Å². The Morgan fingerprint density at radius 1 is 0.971 bits per heavy atom. The highest BCUT2D eigenvalue weighted by atomic mass is 79.9. The minimum atomic E-state index is 0.0106. The Morgan fingerprint density at radius 3 is 2.18 bits per heavy atom. The number of amides is 1. The Kier molecular flexibility index (Phi) is 8.61. The van der Waals surface area contributed by atoms with E-state index in [1.807, 2.05) is 29.2 Å². The van der Waals surface area contributed by atoms with Crippen molar-refractivity contribution in [3.63, 3.8) is 0 Å². The molecule has 0 aliphatic carbocycles. The first-order valence-electron chi connectivity index (χ1n) is 11.8. The van der Waals surface area contributed by atoms with Crippen molar-refractivity contribution in [1.82, 2.24) is 10.2 Å². The van der Waals surface area contributed by atoms with E-state index in [4.69, 9.17) is 9.47 Å². The van der Waals surface area contributed by atoms with Gasteiger partial charge in [-0.15, -0.1) is 0 Å². The van der Waals surface area contributed by atoms with Crippen LogP contribution in [-0.2, 0) is 11.3 Å². The van der Waals surface area contributed by atoms with Crippen LogP contribution in [0.1, 0.15) is 42.0 Å². The van der Waals surface area contributed by atoms with Gasteiger partial charge in [-0.05, 0) is 64.0 Å². The van der Waals surface area contributed by atoms with E-state index in [0.717, 1.165) is 36.0 Å². The quantitative estimate of drug-likeness (QED) is 0.390. The number of nitrogens with one attached hydrogen (secondary N) is 1. The molecule has 0 aromatic heterocycles. The monoisotopic (exact) mass is 522 g/mol. The van der Waals surface area contributed by atoms with Crippen molar-refractivity contribution in [3.8, 4) is 11.5 Å². The predicted octanol–water partition coefficient (Wildman–Crippen LogP) is 5.73. The highest BCUT2D eigenvalue weighted by Gasteiger charge is 2.20. The Hall–Kier alpha value is -2.83. The Bertz CT molecular complexity index is 1030. The van der Waals surface area contributed by atoms with Crippen LogP contribution in [0, 0.1) is 0 Å². The molecule has 1 fully saturated rings. The minimum Gasteiger partial charge on any atom is -0.493 e. The van der Waals surface area contributed by atoms with Crippen molar-refractivity contribution >= 4 is 21.8 Å². The van der Waals surface area contributed by atoms with Crippen LogP contribution >= 0.6 is 15.9 Å². The average Bonchev–Trinajstić information content (AvgIpc) is 2.89. The standard InChI is InChI=1S/C28H31BrN2O3/c1-33-25-18-21(17-24(29)28(25)34-20-26(32)31-15-9-4-10-16-31)19-30-27(22-11-5-2-6-12-22)23-13-7-3-8-14-23/h2-3,5-8,11-14,17-18,27,30H,4,9-10,15-16,19-20H2,1H3. The highest BCUT2D eigenvalue weighted by molar-refractivity contribution is 9.10. The van der Waals surface area contributed by atoms with Crippen molar-refractivity contribution in [2.75, 3.05) is 26.8 Å². The maximum Gasteiger partial charge on any atom is 0.260 e. The van der Waals surface area contributed by atoms with Crippen LogP contribution in [0.3, 0.4) is 0 Å². The van der Waals surface area contributed by atoms with Gasteiger partial charge < -0.3 is 19.7 Å². The summed E-state index contributed by atoms with van der Waals surface area (Å²) < 4.78 is 12.3. The fraction of sp³-hybridized carbons (Fsp3) is 0.321. The summed E-state index contributed by atoms with van der Waals surface area (Å²) in [7, 11) is 1.62. The van der Waals surface area contributed by atoms with Crippen LogP contribution in [0.25, 0.3) is 0 Å². The molecule has 6 heteroatoms. The first-order chi connectivity index (χ1) is 16.7. The van der Waals surface area contributed by atoms with E-state index in [1.165, 1.54) is 17.5 Å². The van der Waals surface area contributed by atoms with Crippen LogP contribution in [0.15, 0.2) is 77.3 Å². The van der Waals surface area contributed by atoms with E-state index in [0.29, 0.717) is 18.0 Å². The topological polar surface area (TPSA) is 50.8 Å². The number of methoxy groups -OCH3 is 1. The Balaban J connectivity index is 1.46. The number of rotatable bonds is 9. The van der Waals surface area contributed by atoms with E-state index in [1.54, 1.807) is 7.11 Å². The third-order valence-corrected chi connectivity index (χ3v) is 6.70. The average molecular weight is 523 g/mol. The van der Waals surface area contributed by atoms with E-state index < -0.39 is 0 Å². The van der Waals surface area contributed by atoms with Gasteiger partial charge in [-0.25, -0.2) is 0 Å². The van der Waals surface area contributed by atoms with E-state index in [-0.39, 0.29) is 18.6 Å². The molecule has 0 atom stereocenters. The van der Waals surface area contributed by atoms with Crippen molar-refractivity contribution < 1.29 is 14.3 Å². The van der Waals surface area contributed by atoms with Gasteiger partial charge in [0, 0.05) is 19.6 Å². The molecule has 1 amide bonds. The molecule has 0 saturated carbocycles. The van der Waals surface area contributed by atoms with Crippen molar-refractivity contribution in [2.24, 2.45) is 0 Å². The summed E-state index contributed by atoms with van der Waals surface area (Å²) in [6.45, 7) is 2.28. The molecule has 3 aromatic carbocycles. The summed E-state index contributed by atoms with van der Waals surface area (Å²) in [4.78, 5) is 14.4. The number of likely N-dealkylation sites (tertiary alicyclic amines) is 1. The summed E-state index contributed by atoms with van der Waals surface area (Å²) in [6.07, 6.45) is 3.32. The molecule has 1 saturated heterocycles. The predicted molar refractivity (Wildman–Crippen MR) is 138 cm³/mol. The van der Waals surface area contributed by atoms with Crippen LogP contribution < -0.4 is 14.8 Å². The van der Waals surface area contributed by atoms with Gasteiger partial charge in [0.1, 0.15) is 0 Å². The Morgan fingerprint density at radius 2 is 1.59 bits per heavy atom. The van der Waals surface area contributed by atoms with Crippen molar-refractivity contribution in [3.05, 3.63) is 94.0 Å². The van der Waals surface area contributed by atoms with Gasteiger partial charge in [0.15, 0.2) is 18.1 Å². The number of carbonyl (C=O) groups excluding carboxylic acids is 1. The lowest BCUT2D eigenvalue weighted by molar-refractivity contribution is -0.134. The number of hydrogen-bond acceptors (Lipinski definition) is 4. The SMILES string of the molecule is COc1cc(CNC(c2ccccc2)c2ccccc2)cc(Br)c1OCC(=O)N1CCCCC1. The number of piperidine rings is 1. The molecule has 178 valence electrons. The second kappa shape index (κ2) is 12.0. The highest BCUT2D eigenvalue weighted by Crippen LogP contribution is 2.37. The van der Waals surface area contributed by atoms with Gasteiger partial charge in [0.2, 0.25) is 0 Å². The minimum absolute atomic E-state index is 0.0106. The summed E-state index contributed by atoms with van der Waals surface area (Å²) in [5.74, 6) is 1.18. The summed E-state index contributed by atoms with van der Waals surface area (Å²) >= 11 is 3.62. The van der Waals surface area contributed by atoms with Crippen molar-refractivity contribution in [1.29, 1.82) is 0 Å². The van der Waals surface area contributed by atoms with Gasteiger partial charge in [0.25, 0.3) is 5.91 Å².